The summed E-state index contributed by atoms with van der Waals surface area (Å²) in [6.07, 6.45) is 1.77. The molecule has 0 bridgehead atoms. The van der Waals surface area contributed by atoms with Crippen molar-refractivity contribution in [3.05, 3.63) is 12.7 Å². The van der Waals surface area contributed by atoms with Gasteiger partial charge in [0.1, 0.15) is 11.9 Å². The smallest absolute Gasteiger partial charge is 0.330 e. The third-order valence-corrected chi connectivity index (χ3v) is 2.82. The van der Waals surface area contributed by atoms with Crippen LogP contribution >= 0.6 is 0 Å². The number of rotatable bonds is 6. The number of carbonyl (C=O) groups excluding carboxylic acids is 1. The van der Waals surface area contributed by atoms with Gasteiger partial charge in [0.25, 0.3) is 10.1 Å². The molecule has 0 aliphatic carbocycles. The summed E-state index contributed by atoms with van der Waals surface area (Å²) in [6.45, 7) is 4.60. The zero-order valence-electron chi connectivity index (χ0n) is 7.97. The van der Waals surface area contributed by atoms with Crippen LogP contribution < -0.4 is 0 Å². The van der Waals surface area contributed by atoms with Crippen molar-refractivity contribution in [2.24, 2.45) is 0 Å². The summed E-state index contributed by atoms with van der Waals surface area (Å²) >= 11 is 0. The van der Waals surface area contributed by atoms with E-state index < -0.39 is 21.3 Å². The Bertz CT molecular complexity index is 293. The van der Waals surface area contributed by atoms with Gasteiger partial charge in [-0.05, 0) is 6.42 Å². The summed E-state index contributed by atoms with van der Waals surface area (Å²) in [5, 5.41) is -1.05. The Balaban J connectivity index is 4.25. The summed E-state index contributed by atoms with van der Waals surface area (Å²) in [7, 11) is -4.14. The monoisotopic (exact) mass is 222 g/mol. The lowest BCUT2D eigenvalue weighted by molar-refractivity contribution is -0.137. The molecule has 0 aromatic rings. The van der Waals surface area contributed by atoms with Gasteiger partial charge in [-0.2, -0.15) is 8.42 Å². The number of hydrogen-bond acceptors (Lipinski definition) is 4. The topological polar surface area (TPSA) is 80.7 Å². The Kier molecular flexibility index (Phi) is 5.40. The second-order valence-electron chi connectivity index (χ2n) is 2.76. The fourth-order valence-corrected chi connectivity index (χ4v) is 1.65. The lowest BCUT2D eigenvalue weighted by atomic mass is 10.2. The van der Waals surface area contributed by atoms with Gasteiger partial charge in [0, 0.05) is 6.08 Å². The molecule has 0 aromatic heterocycles. The molecule has 82 valence electrons. The average molecular weight is 222 g/mol. The van der Waals surface area contributed by atoms with Crippen LogP contribution in [0.25, 0.3) is 0 Å². The molecule has 1 N–H and O–H groups in total. The molecule has 0 saturated heterocycles. The fourth-order valence-electron chi connectivity index (χ4n) is 0.874. The molecule has 0 aliphatic heterocycles. The highest BCUT2D eigenvalue weighted by Crippen LogP contribution is 2.07. The van der Waals surface area contributed by atoms with Crippen LogP contribution in [-0.4, -0.2) is 30.8 Å². The first kappa shape index (κ1) is 13.1. The SMILES string of the molecule is C=CC(=O)OCC(CCC)S(=O)(=O)O. The lowest BCUT2D eigenvalue weighted by Gasteiger charge is -2.11. The maximum atomic E-state index is 10.8. The molecule has 0 aliphatic rings. The van der Waals surface area contributed by atoms with Crippen molar-refractivity contribution in [3.8, 4) is 0 Å². The van der Waals surface area contributed by atoms with E-state index >= 15 is 0 Å². The van der Waals surface area contributed by atoms with E-state index in [0.29, 0.717) is 6.42 Å². The summed E-state index contributed by atoms with van der Waals surface area (Å²) in [6, 6.07) is 0. The van der Waals surface area contributed by atoms with Crippen molar-refractivity contribution in [1.82, 2.24) is 0 Å². The summed E-state index contributed by atoms with van der Waals surface area (Å²) < 4.78 is 34.8. The Morgan fingerprint density at radius 3 is 2.57 bits per heavy atom. The highest BCUT2D eigenvalue weighted by atomic mass is 32.2. The van der Waals surface area contributed by atoms with E-state index in [4.69, 9.17) is 4.55 Å². The number of esters is 1. The van der Waals surface area contributed by atoms with Crippen molar-refractivity contribution in [1.29, 1.82) is 0 Å². The Labute approximate surface area is 83.5 Å². The maximum absolute atomic E-state index is 10.8. The predicted molar refractivity (Wildman–Crippen MR) is 51.4 cm³/mol. The first-order chi connectivity index (χ1) is 6.41. The van der Waals surface area contributed by atoms with Gasteiger partial charge in [-0.3, -0.25) is 4.55 Å². The molecule has 0 spiro atoms. The molecule has 1 atom stereocenters. The van der Waals surface area contributed by atoms with Gasteiger partial charge in [-0.15, -0.1) is 0 Å². The van der Waals surface area contributed by atoms with E-state index in [-0.39, 0.29) is 13.0 Å². The number of carbonyl (C=O) groups is 1. The highest BCUT2D eigenvalue weighted by molar-refractivity contribution is 7.86. The van der Waals surface area contributed by atoms with Crippen molar-refractivity contribution >= 4 is 16.1 Å². The van der Waals surface area contributed by atoms with Crippen molar-refractivity contribution in [3.63, 3.8) is 0 Å². The van der Waals surface area contributed by atoms with Gasteiger partial charge in [0.15, 0.2) is 0 Å². The molecule has 0 saturated carbocycles. The van der Waals surface area contributed by atoms with Crippen molar-refractivity contribution in [2.75, 3.05) is 6.61 Å². The molecule has 0 radical (unpaired) electrons. The number of hydrogen-bond donors (Lipinski definition) is 1. The largest absolute Gasteiger partial charge is 0.461 e. The molecule has 6 heteroatoms. The Morgan fingerprint density at radius 2 is 2.21 bits per heavy atom. The standard InChI is InChI=1S/C8H14O5S/c1-3-5-7(14(10,11)12)6-13-8(9)4-2/h4,7H,2-3,5-6H2,1H3,(H,10,11,12). The second-order valence-corrected chi connectivity index (χ2v) is 4.46. The minimum absolute atomic E-state index is 0.253. The van der Waals surface area contributed by atoms with Gasteiger partial charge in [0.2, 0.25) is 0 Å². The second kappa shape index (κ2) is 5.77. The van der Waals surface area contributed by atoms with Crippen LogP contribution in [0, 0.1) is 0 Å². The van der Waals surface area contributed by atoms with E-state index in [1.807, 2.05) is 0 Å². The van der Waals surface area contributed by atoms with Crippen LogP contribution in [0.4, 0.5) is 0 Å². The molecule has 0 heterocycles. The predicted octanol–water partition coefficient (Wildman–Crippen LogP) is 0.772. The van der Waals surface area contributed by atoms with Crippen molar-refractivity contribution < 1.29 is 22.5 Å². The molecule has 0 rings (SSSR count). The molecular formula is C8H14O5S. The minimum Gasteiger partial charge on any atom is -0.461 e. The van der Waals surface area contributed by atoms with E-state index in [1.165, 1.54) is 0 Å². The third kappa shape index (κ3) is 4.98. The van der Waals surface area contributed by atoms with Crippen LogP contribution in [0.1, 0.15) is 19.8 Å². The van der Waals surface area contributed by atoms with Crippen LogP contribution in [0.5, 0.6) is 0 Å². The summed E-state index contributed by atoms with van der Waals surface area (Å²) in [5.74, 6) is -0.699. The first-order valence-corrected chi connectivity index (χ1v) is 5.67. The molecule has 0 fully saturated rings. The van der Waals surface area contributed by atoms with E-state index in [1.54, 1.807) is 6.92 Å². The van der Waals surface area contributed by atoms with E-state index in [2.05, 4.69) is 11.3 Å². The highest BCUT2D eigenvalue weighted by Gasteiger charge is 2.23. The third-order valence-electron chi connectivity index (χ3n) is 1.61. The average Bonchev–Trinajstić information content (AvgIpc) is 2.09. The maximum Gasteiger partial charge on any atom is 0.330 e. The van der Waals surface area contributed by atoms with Gasteiger partial charge < -0.3 is 4.74 Å². The quantitative estimate of drug-likeness (QED) is 0.408. The minimum atomic E-state index is -4.14. The van der Waals surface area contributed by atoms with Crippen LogP contribution in [0.15, 0.2) is 12.7 Å². The van der Waals surface area contributed by atoms with Crippen molar-refractivity contribution in [2.45, 2.75) is 25.0 Å². The molecule has 0 aromatic carbocycles. The van der Waals surface area contributed by atoms with E-state index in [9.17, 15) is 13.2 Å². The van der Waals surface area contributed by atoms with Gasteiger partial charge >= 0.3 is 5.97 Å². The van der Waals surface area contributed by atoms with E-state index in [0.717, 1.165) is 6.08 Å². The zero-order chi connectivity index (χ0) is 11.2. The summed E-state index contributed by atoms with van der Waals surface area (Å²) in [5.41, 5.74) is 0. The fraction of sp³-hybridized carbons (Fsp3) is 0.625. The van der Waals surface area contributed by atoms with Crippen LogP contribution in [-0.2, 0) is 19.6 Å². The molecule has 0 amide bonds. The first-order valence-electron chi connectivity index (χ1n) is 4.17. The number of ether oxygens (including phenoxy) is 1. The molecule has 1 unspecified atom stereocenters. The lowest BCUT2D eigenvalue weighted by Crippen LogP contribution is -2.27. The molecule has 5 nitrogen and oxygen atoms in total. The normalized spacial score (nSPS) is 13.3. The molecule has 14 heavy (non-hydrogen) atoms. The van der Waals surface area contributed by atoms with Crippen LogP contribution in [0.2, 0.25) is 0 Å². The summed E-state index contributed by atoms with van der Waals surface area (Å²) in [4.78, 5) is 10.6. The zero-order valence-corrected chi connectivity index (χ0v) is 8.79. The Morgan fingerprint density at radius 1 is 1.64 bits per heavy atom. The molecular weight excluding hydrogens is 208 g/mol. The van der Waals surface area contributed by atoms with Gasteiger partial charge in [-0.25, -0.2) is 4.79 Å². The Hall–Kier alpha value is -0.880. The van der Waals surface area contributed by atoms with Gasteiger partial charge in [-0.1, -0.05) is 19.9 Å². The van der Waals surface area contributed by atoms with Gasteiger partial charge in [0.05, 0.1) is 0 Å². The van der Waals surface area contributed by atoms with Crippen LogP contribution in [0.3, 0.4) is 0 Å².